The number of nitrogens with two attached hydrogens (primary N) is 1. The van der Waals surface area contributed by atoms with E-state index in [-0.39, 0.29) is 12.3 Å². The Hall–Kier alpha value is -2.62. The fourth-order valence-electron chi connectivity index (χ4n) is 2.24. The molecule has 0 saturated heterocycles. The summed E-state index contributed by atoms with van der Waals surface area (Å²) in [5, 5.41) is 14.0. The van der Waals surface area contributed by atoms with Crippen molar-refractivity contribution >= 4 is 44.2 Å². The summed E-state index contributed by atoms with van der Waals surface area (Å²) >= 11 is 4.60. The lowest BCUT2D eigenvalue weighted by Crippen LogP contribution is -2.50. The standard InChI is InChI=1S/C18H16BrN5O2S/c19-13-8-6-12(7-9-13)17-23-24-18(27-17)22-16(26)15(20)21-14(25)10-11-4-2-1-3-5-11/h1-9,15H,10,20H2,(H,21,25)(H,22,24,26). The van der Waals surface area contributed by atoms with E-state index in [0.717, 1.165) is 15.6 Å². The lowest BCUT2D eigenvalue weighted by atomic mass is 10.1. The summed E-state index contributed by atoms with van der Waals surface area (Å²) in [5.74, 6) is -0.897. The van der Waals surface area contributed by atoms with Crippen LogP contribution in [0.3, 0.4) is 0 Å². The molecule has 0 aliphatic rings. The van der Waals surface area contributed by atoms with Crippen LogP contribution in [-0.4, -0.2) is 28.2 Å². The highest BCUT2D eigenvalue weighted by atomic mass is 79.9. The molecule has 0 aliphatic heterocycles. The number of hydrogen-bond acceptors (Lipinski definition) is 6. The molecule has 0 bridgehead atoms. The average Bonchev–Trinajstić information content (AvgIpc) is 3.11. The number of carbonyl (C=O) groups is 2. The molecule has 1 heterocycles. The first kappa shape index (κ1) is 19.2. The number of nitrogens with one attached hydrogen (secondary N) is 2. The Morgan fingerprint density at radius 3 is 2.48 bits per heavy atom. The van der Waals surface area contributed by atoms with Crippen LogP contribution in [0.5, 0.6) is 0 Å². The van der Waals surface area contributed by atoms with E-state index in [4.69, 9.17) is 5.73 Å². The van der Waals surface area contributed by atoms with E-state index in [1.165, 1.54) is 11.3 Å². The van der Waals surface area contributed by atoms with Crippen molar-refractivity contribution in [3.8, 4) is 10.6 Å². The molecule has 3 aromatic rings. The van der Waals surface area contributed by atoms with Gasteiger partial charge < -0.3 is 11.1 Å². The first-order valence-electron chi connectivity index (χ1n) is 8.00. The molecule has 27 heavy (non-hydrogen) atoms. The number of aromatic nitrogens is 2. The summed E-state index contributed by atoms with van der Waals surface area (Å²) in [7, 11) is 0. The van der Waals surface area contributed by atoms with Crippen molar-refractivity contribution in [2.24, 2.45) is 5.73 Å². The lowest BCUT2D eigenvalue weighted by molar-refractivity contribution is -0.126. The Morgan fingerprint density at radius 2 is 1.78 bits per heavy atom. The van der Waals surface area contributed by atoms with Crippen LogP contribution in [0, 0.1) is 0 Å². The molecule has 4 N–H and O–H groups in total. The summed E-state index contributed by atoms with van der Waals surface area (Å²) in [5.41, 5.74) is 7.49. The number of amides is 2. The number of carbonyl (C=O) groups excluding carboxylic acids is 2. The maximum atomic E-state index is 12.2. The summed E-state index contributed by atoms with van der Waals surface area (Å²) in [4.78, 5) is 24.2. The molecule has 3 rings (SSSR count). The third kappa shape index (κ3) is 5.43. The molecule has 1 unspecified atom stereocenters. The molecule has 0 saturated carbocycles. The number of anilines is 1. The van der Waals surface area contributed by atoms with Gasteiger partial charge in [0, 0.05) is 10.0 Å². The highest BCUT2D eigenvalue weighted by molar-refractivity contribution is 9.10. The van der Waals surface area contributed by atoms with Gasteiger partial charge in [-0.2, -0.15) is 0 Å². The van der Waals surface area contributed by atoms with Crippen molar-refractivity contribution in [2.45, 2.75) is 12.6 Å². The molecule has 1 atom stereocenters. The van der Waals surface area contributed by atoms with Gasteiger partial charge in [0.15, 0.2) is 6.17 Å². The van der Waals surface area contributed by atoms with E-state index in [9.17, 15) is 9.59 Å². The van der Waals surface area contributed by atoms with Gasteiger partial charge in [0.1, 0.15) is 5.01 Å². The van der Waals surface area contributed by atoms with Gasteiger partial charge >= 0.3 is 0 Å². The molecular formula is C18H16BrN5O2S. The van der Waals surface area contributed by atoms with Crippen LogP contribution >= 0.6 is 27.3 Å². The maximum Gasteiger partial charge on any atom is 0.263 e. The summed E-state index contributed by atoms with van der Waals surface area (Å²) < 4.78 is 0.960. The minimum atomic E-state index is -1.18. The quantitative estimate of drug-likeness (QED) is 0.505. The fourth-order valence-corrected chi connectivity index (χ4v) is 3.25. The summed E-state index contributed by atoms with van der Waals surface area (Å²) in [6.07, 6.45) is -1.03. The van der Waals surface area contributed by atoms with E-state index < -0.39 is 12.1 Å². The molecule has 7 nitrogen and oxygen atoms in total. The van der Waals surface area contributed by atoms with Gasteiger partial charge in [0.25, 0.3) is 5.91 Å². The Kier molecular flexibility index (Phi) is 6.28. The highest BCUT2D eigenvalue weighted by Gasteiger charge is 2.18. The first-order valence-corrected chi connectivity index (χ1v) is 9.61. The predicted octanol–water partition coefficient (Wildman–Crippen LogP) is 2.55. The van der Waals surface area contributed by atoms with Crippen LogP contribution in [0.15, 0.2) is 59.1 Å². The Morgan fingerprint density at radius 1 is 1.07 bits per heavy atom. The third-order valence-electron chi connectivity index (χ3n) is 3.55. The molecule has 1 aromatic heterocycles. The molecule has 2 aromatic carbocycles. The summed E-state index contributed by atoms with van der Waals surface area (Å²) in [6, 6.07) is 16.8. The van der Waals surface area contributed by atoms with E-state index in [2.05, 4.69) is 36.8 Å². The number of benzene rings is 2. The maximum absolute atomic E-state index is 12.2. The molecule has 0 spiro atoms. The molecule has 0 fully saturated rings. The van der Waals surface area contributed by atoms with Gasteiger partial charge in [0.2, 0.25) is 11.0 Å². The Bertz CT molecular complexity index is 930. The molecule has 0 aliphatic carbocycles. The zero-order valence-electron chi connectivity index (χ0n) is 14.1. The number of rotatable bonds is 6. The van der Waals surface area contributed by atoms with Crippen molar-refractivity contribution in [2.75, 3.05) is 5.32 Å². The van der Waals surface area contributed by atoms with Crippen LogP contribution < -0.4 is 16.4 Å². The Balaban J connectivity index is 1.55. The van der Waals surface area contributed by atoms with E-state index in [0.29, 0.717) is 10.1 Å². The van der Waals surface area contributed by atoms with Crippen LogP contribution in [0.1, 0.15) is 5.56 Å². The average molecular weight is 446 g/mol. The van der Waals surface area contributed by atoms with Crippen LogP contribution in [0.2, 0.25) is 0 Å². The normalized spacial score (nSPS) is 11.6. The molecule has 138 valence electrons. The smallest absolute Gasteiger partial charge is 0.263 e. The van der Waals surface area contributed by atoms with Crippen molar-refractivity contribution in [3.63, 3.8) is 0 Å². The zero-order valence-corrected chi connectivity index (χ0v) is 16.5. The second kappa shape index (κ2) is 8.85. The Labute approximate surface area is 168 Å². The second-order valence-electron chi connectivity index (χ2n) is 5.62. The molecule has 0 radical (unpaired) electrons. The zero-order chi connectivity index (χ0) is 19.2. The van der Waals surface area contributed by atoms with Gasteiger partial charge in [-0.1, -0.05) is 69.7 Å². The predicted molar refractivity (Wildman–Crippen MR) is 108 cm³/mol. The van der Waals surface area contributed by atoms with Crippen molar-refractivity contribution in [3.05, 3.63) is 64.6 Å². The monoisotopic (exact) mass is 445 g/mol. The van der Waals surface area contributed by atoms with Gasteiger partial charge in [-0.15, -0.1) is 10.2 Å². The highest BCUT2D eigenvalue weighted by Crippen LogP contribution is 2.27. The van der Waals surface area contributed by atoms with Gasteiger partial charge in [-0.25, -0.2) is 0 Å². The third-order valence-corrected chi connectivity index (χ3v) is 4.97. The number of halogens is 1. The second-order valence-corrected chi connectivity index (χ2v) is 7.51. The number of nitrogens with zero attached hydrogens (tertiary/aromatic N) is 2. The van der Waals surface area contributed by atoms with E-state index >= 15 is 0 Å². The van der Waals surface area contributed by atoms with Crippen LogP contribution in [-0.2, 0) is 16.0 Å². The van der Waals surface area contributed by atoms with Gasteiger partial charge in [-0.3, -0.25) is 14.9 Å². The van der Waals surface area contributed by atoms with Gasteiger partial charge in [0.05, 0.1) is 6.42 Å². The van der Waals surface area contributed by atoms with Crippen molar-refractivity contribution in [1.29, 1.82) is 0 Å². The van der Waals surface area contributed by atoms with Crippen molar-refractivity contribution < 1.29 is 9.59 Å². The first-order chi connectivity index (χ1) is 13.0. The topological polar surface area (TPSA) is 110 Å². The minimum Gasteiger partial charge on any atom is -0.332 e. The number of hydrogen-bond donors (Lipinski definition) is 3. The van der Waals surface area contributed by atoms with Crippen LogP contribution in [0.4, 0.5) is 5.13 Å². The minimum absolute atomic E-state index is 0.147. The lowest BCUT2D eigenvalue weighted by Gasteiger charge is -2.12. The fraction of sp³-hybridized carbons (Fsp3) is 0.111. The van der Waals surface area contributed by atoms with Crippen molar-refractivity contribution in [1.82, 2.24) is 15.5 Å². The van der Waals surface area contributed by atoms with Gasteiger partial charge in [-0.05, 0) is 17.7 Å². The van der Waals surface area contributed by atoms with Crippen LogP contribution in [0.25, 0.3) is 10.6 Å². The largest absolute Gasteiger partial charge is 0.332 e. The van der Waals surface area contributed by atoms with E-state index in [1.54, 1.807) is 0 Å². The summed E-state index contributed by atoms with van der Waals surface area (Å²) in [6.45, 7) is 0. The SMILES string of the molecule is NC(NC(=O)Cc1ccccc1)C(=O)Nc1nnc(-c2ccc(Br)cc2)s1. The molecule has 2 amide bonds. The molecular weight excluding hydrogens is 430 g/mol. The van der Waals surface area contributed by atoms with E-state index in [1.807, 2.05) is 54.6 Å². The molecule has 9 heteroatoms.